The molecular weight excluding hydrogens is 625 g/mol. The fourth-order valence-electron chi connectivity index (χ4n) is 6.24. The number of thiazole rings is 1. The van der Waals surface area contributed by atoms with Gasteiger partial charge in [0.1, 0.15) is 17.9 Å². The Hall–Kier alpha value is -3.82. The van der Waals surface area contributed by atoms with E-state index in [9.17, 15) is 23.9 Å². The normalized spacial score (nSPS) is 23.3. The highest BCUT2D eigenvalue weighted by Crippen LogP contribution is 2.43. The molecule has 15 heteroatoms. The summed E-state index contributed by atoms with van der Waals surface area (Å²) in [7, 11) is 0. The van der Waals surface area contributed by atoms with Crippen molar-refractivity contribution < 1.29 is 37.4 Å². The maximum Gasteiger partial charge on any atom is 0.338 e. The molecule has 11 nitrogen and oxygen atoms in total. The Morgan fingerprint density at radius 2 is 2.00 bits per heavy atom. The van der Waals surface area contributed by atoms with Crippen molar-refractivity contribution in [3.63, 3.8) is 0 Å². The van der Waals surface area contributed by atoms with Crippen LogP contribution in [0.2, 0.25) is 0 Å². The molecule has 0 aliphatic carbocycles. The van der Waals surface area contributed by atoms with E-state index in [2.05, 4.69) is 10.3 Å². The van der Waals surface area contributed by atoms with Gasteiger partial charge in [-0.3, -0.25) is 24.5 Å². The van der Waals surface area contributed by atoms with Gasteiger partial charge in [-0.25, -0.2) is 28.0 Å². The van der Waals surface area contributed by atoms with Gasteiger partial charge in [0.25, 0.3) is 5.92 Å². The molecule has 1 aromatic carbocycles. The van der Waals surface area contributed by atoms with Crippen LogP contribution in [0.3, 0.4) is 0 Å². The minimum atomic E-state index is -3.29. The molecule has 3 aliphatic rings. The highest BCUT2D eigenvalue weighted by atomic mass is 32.1. The number of ether oxygens (including phenoxy) is 1. The quantitative estimate of drug-likeness (QED) is 0.366. The second-order valence-corrected chi connectivity index (χ2v) is 13.2. The van der Waals surface area contributed by atoms with Gasteiger partial charge in [0.2, 0.25) is 5.91 Å². The highest BCUT2D eigenvalue weighted by molar-refractivity contribution is 7.11. The first-order valence-corrected chi connectivity index (χ1v) is 15.8. The van der Waals surface area contributed by atoms with E-state index in [0.29, 0.717) is 16.4 Å². The number of halogens is 3. The van der Waals surface area contributed by atoms with Crippen molar-refractivity contribution in [1.29, 1.82) is 0 Å². The number of hydrazine groups is 1. The standard InChI is InChI=1S/C31H37F3N6O5S/c1-6-45-28(42)23-21(36-26(27-35-11-13-46-27)37-24(23)19-8-7-9-20(32)17(19)2)14-38-16-31(33,34)25-22(38)15-40(18(3)41)39(25)12-10-30(4,5)29(43)44/h7-9,11,13,22,24-25H,6,10,12,14-16H2,1-5H3,(H,36,37)(H,43,44)/t22-,24-,25+/m0/s1. The van der Waals surface area contributed by atoms with Crippen molar-refractivity contribution in [3.8, 4) is 0 Å². The lowest BCUT2D eigenvalue weighted by molar-refractivity contribution is -0.156. The molecule has 0 spiro atoms. The van der Waals surface area contributed by atoms with Crippen molar-refractivity contribution in [2.75, 3.05) is 32.8 Å². The maximum atomic E-state index is 15.9. The van der Waals surface area contributed by atoms with Gasteiger partial charge >= 0.3 is 11.9 Å². The number of amides is 1. The summed E-state index contributed by atoms with van der Waals surface area (Å²) in [6.07, 6.45) is 1.62. The van der Waals surface area contributed by atoms with Crippen molar-refractivity contribution in [2.24, 2.45) is 10.4 Å². The molecule has 1 aromatic heterocycles. The first-order valence-electron chi connectivity index (χ1n) is 15.0. The predicted molar refractivity (Wildman–Crippen MR) is 164 cm³/mol. The molecular formula is C31H37F3N6O5S. The van der Waals surface area contributed by atoms with E-state index in [1.54, 1.807) is 31.5 Å². The molecule has 0 bridgehead atoms. The third kappa shape index (κ3) is 6.27. The molecule has 2 N–H and O–H groups in total. The Kier molecular flexibility index (Phi) is 9.30. The number of fused-ring (bicyclic) bond motifs is 1. The summed E-state index contributed by atoms with van der Waals surface area (Å²) in [6, 6.07) is 1.20. The van der Waals surface area contributed by atoms with E-state index in [1.807, 2.05) is 0 Å². The zero-order valence-corrected chi connectivity index (χ0v) is 27.0. The second kappa shape index (κ2) is 12.8. The number of alkyl halides is 2. The molecule has 1 amide bonds. The van der Waals surface area contributed by atoms with E-state index in [-0.39, 0.29) is 49.5 Å². The molecule has 5 rings (SSSR count). The van der Waals surface area contributed by atoms with Gasteiger partial charge in [-0.05, 0) is 51.3 Å². The Morgan fingerprint density at radius 3 is 2.63 bits per heavy atom. The Balaban J connectivity index is 1.56. The zero-order chi connectivity index (χ0) is 33.6. The molecule has 3 atom stereocenters. The smallest absolute Gasteiger partial charge is 0.338 e. The fraction of sp³-hybridized carbons (Fsp3) is 0.516. The largest absolute Gasteiger partial charge is 0.481 e. The second-order valence-electron chi connectivity index (χ2n) is 12.3. The molecule has 2 aromatic rings. The number of hydrogen-bond donors (Lipinski definition) is 2. The minimum Gasteiger partial charge on any atom is -0.481 e. The number of carbonyl (C=O) groups is 3. The summed E-state index contributed by atoms with van der Waals surface area (Å²) in [4.78, 5) is 48.6. The third-order valence-electron chi connectivity index (χ3n) is 8.80. The zero-order valence-electron chi connectivity index (χ0n) is 26.2. The van der Waals surface area contributed by atoms with Gasteiger partial charge in [0.15, 0.2) is 10.8 Å². The molecule has 248 valence electrons. The number of esters is 1. The average molecular weight is 663 g/mol. The van der Waals surface area contributed by atoms with Gasteiger partial charge in [-0.2, -0.15) is 0 Å². The van der Waals surface area contributed by atoms with Gasteiger partial charge in [0, 0.05) is 37.3 Å². The SMILES string of the molecule is CCOC(=O)C1=C(CN2CC(F)(F)[C@H]3[C@@H]2CN(C(C)=O)N3CCC(C)(C)C(=O)O)NC(c2nccs2)=N[C@H]1c1cccc(F)c1C. The summed E-state index contributed by atoms with van der Waals surface area (Å²) < 4.78 is 52.1. The van der Waals surface area contributed by atoms with Gasteiger partial charge < -0.3 is 15.2 Å². The number of aromatic nitrogens is 1. The summed E-state index contributed by atoms with van der Waals surface area (Å²) in [5.41, 5.74) is -0.197. The number of nitrogens with zero attached hydrogens (tertiary/aromatic N) is 5. The average Bonchev–Trinajstić information content (AvgIpc) is 3.71. The Bertz CT molecular complexity index is 1580. The number of nitrogens with one attached hydrogen (secondary N) is 1. The lowest BCUT2D eigenvalue weighted by Gasteiger charge is -2.35. The number of hydrogen-bond acceptors (Lipinski definition) is 10. The number of amidine groups is 1. The topological polar surface area (TPSA) is 128 Å². The highest BCUT2D eigenvalue weighted by Gasteiger charge is 2.62. The molecule has 2 saturated heterocycles. The first-order chi connectivity index (χ1) is 21.7. The van der Waals surface area contributed by atoms with Crippen molar-refractivity contribution in [2.45, 2.75) is 65.1 Å². The maximum absolute atomic E-state index is 15.9. The Labute approximate surface area is 268 Å². The molecule has 0 radical (unpaired) electrons. The number of benzene rings is 1. The van der Waals surface area contributed by atoms with Crippen LogP contribution in [-0.4, -0.2) is 99.5 Å². The number of carbonyl (C=O) groups excluding carboxylic acids is 2. The van der Waals surface area contributed by atoms with Crippen LogP contribution in [0.4, 0.5) is 13.2 Å². The molecule has 0 unspecified atom stereocenters. The molecule has 46 heavy (non-hydrogen) atoms. The van der Waals surface area contributed by atoms with E-state index in [1.165, 1.54) is 59.2 Å². The van der Waals surface area contributed by atoms with Crippen LogP contribution >= 0.6 is 11.3 Å². The van der Waals surface area contributed by atoms with Crippen LogP contribution < -0.4 is 5.32 Å². The lowest BCUT2D eigenvalue weighted by atomic mass is 9.89. The summed E-state index contributed by atoms with van der Waals surface area (Å²) >= 11 is 1.28. The van der Waals surface area contributed by atoms with Crippen LogP contribution in [-0.2, 0) is 19.1 Å². The van der Waals surface area contributed by atoms with E-state index < -0.39 is 59.7 Å². The van der Waals surface area contributed by atoms with Crippen LogP contribution in [0.15, 0.2) is 46.0 Å². The summed E-state index contributed by atoms with van der Waals surface area (Å²) in [6.45, 7) is 6.59. The first kappa shape index (κ1) is 33.5. The molecule has 2 fully saturated rings. The molecule has 4 heterocycles. The van der Waals surface area contributed by atoms with Crippen molar-refractivity contribution in [3.05, 3.63) is 63.0 Å². The van der Waals surface area contributed by atoms with Crippen LogP contribution in [0, 0.1) is 18.2 Å². The number of carboxylic acids is 1. The third-order valence-corrected chi connectivity index (χ3v) is 9.58. The van der Waals surface area contributed by atoms with Crippen LogP contribution in [0.25, 0.3) is 0 Å². The monoisotopic (exact) mass is 662 g/mol. The van der Waals surface area contributed by atoms with Crippen molar-refractivity contribution in [1.82, 2.24) is 25.2 Å². The Morgan fingerprint density at radius 1 is 1.26 bits per heavy atom. The summed E-state index contributed by atoms with van der Waals surface area (Å²) in [5, 5.41) is 17.5. The molecule has 3 aliphatic heterocycles. The lowest BCUT2D eigenvalue weighted by Crippen LogP contribution is -2.52. The number of rotatable bonds is 10. The van der Waals surface area contributed by atoms with Gasteiger partial charge in [-0.1, -0.05) is 12.1 Å². The number of aliphatic imine (C=N–C) groups is 1. The number of carboxylic acid groups (broad SMARTS) is 1. The minimum absolute atomic E-state index is 0.0352. The van der Waals surface area contributed by atoms with Crippen LogP contribution in [0.5, 0.6) is 0 Å². The van der Waals surface area contributed by atoms with Crippen molar-refractivity contribution >= 4 is 35.0 Å². The summed E-state index contributed by atoms with van der Waals surface area (Å²) in [5.74, 6) is -5.72. The van der Waals surface area contributed by atoms with E-state index in [0.717, 1.165) is 0 Å². The fourth-order valence-corrected chi connectivity index (χ4v) is 6.83. The van der Waals surface area contributed by atoms with E-state index in [4.69, 9.17) is 9.73 Å². The molecule has 0 saturated carbocycles. The number of likely N-dealkylation sites (tertiary alicyclic amines) is 1. The number of aliphatic carboxylic acids is 1. The predicted octanol–water partition coefficient (Wildman–Crippen LogP) is 3.77. The van der Waals surface area contributed by atoms with Crippen LogP contribution in [0.1, 0.15) is 56.3 Å². The van der Waals surface area contributed by atoms with Gasteiger partial charge in [0.05, 0.1) is 36.7 Å². The van der Waals surface area contributed by atoms with E-state index >= 15 is 8.78 Å². The van der Waals surface area contributed by atoms with Gasteiger partial charge in [-0.15, -0.1) is 11.3 Å².